The van der Waals surface area contributed by atoms with Crippen LogP contribution in [-0.4, -0.2) is 30.1 Å². The Kier molecular flexibility index (Phi) is 6.12. The highest BCUT2D eigenvalue weighted by Crippen LogP contribution is 2.31. The summed E-state index contributed by atoms with van der Waals surface area (Å²) in [4.78, 5) is 15.8. The third-order valence-electron chi connectivity index (χ3n) is 4.99. The van der Waals surface area contributed by atoms with Crippen molar-refractivity contribution in [2.45, 2.75) is 61.5 Å². The number of carbonyl (C=O) groups is 1. The molecule has 0 unspecified atom stereocenters. The number of aromatic nitrogens is 2. The Morgan fingerprint density at radius 3 is 2.16 bits per heavy atom. The molecule has 2 aromatic carbocycles. The van der Waals surface area contributed by atoms with Gasteiger partial charge in [-0.1, -0.05) is 20.8 Å². The van der Waals surface area contributed by atoms with Gasteiger partial charge in [-0.3, -0.25) is 4.79 Å². The number of imidazole rings is 1. The van der Waals surface area contributed by atoms with Gasteiger partial charge in [0.25, 0.3) is 0 Å². The highest BCUT2D eigenvalue weighted by molar-refractivity contribution is 7.91. The second-order valence-electron chi connectivity index (χ2n) is 8.60. The van der Waals surface area contributed by atoms with Gasteiger partial charge in [-0.25, -0.2) is 13.4 Å². The molecule has 32 heavy (non-hydrogen) atoms. The van der Waals surface area contributed by atoms with E-state index < -0.39 is 33.8 Å². The molecule has 3 aromatic rings. The smallest absolute Gasteiger partial charge is 0.366 e. The zero-order valence-electron chi connectivity index (χ0n) is 17.9. The van der Waals surface area contributed by atoms with Gasteiger partial charge < -0.3 is 10.3 Å². The van der Waals surface area contributed by atoms with E-state index in [1.54, 1.807) is 10.6 Å². The molecule has 0 aliphatic rings. The number of nitrogens with zero attached hydrogens (tertiary/aromatic N) is 2. The van der Waals surface area contributed by atoms with Crippen LogP contribution in [0.5, 0.6) is 0 Å². The maximum atomic E-state index is 13.1. The first-order chi connectivity index (χ1) is 14.7. The lowest BCUT2D eigenvalue weighted by Gasteiger charge is -2.20. The van der Waals surface area contributed by atoms with Gasteiger partial charge in [0.2, 0.25) is 15.7 Å². The van der Waals surface area contributed by atoms with Gasteiger partial charge in [0, 0.05) is 23.9 Å². The molecule has 0 aliphatic heterocycles. The van der Waals surface area contributed by atoms with E-state index in [4.69, 9.17) is 5.73 Å². The summed E-state index contributed by atoms with van der Waals surface area (Å²) in [5, 5.41) is 0. The minimum absolute atomic E-state index is 0.00257. The number of nitrogens with two attached hydrogens (primary N) is 1. The van der Waals surface area contributed by atoms with Crippen molar-refractivity contribution in [1.29, 1.82) is 0 Å². The summed E-state index contributed by atoms with van der Waals surface area (Å²) in [6, 6.07) is 9.67. The highest BCUT2D eigenvalue weighted by Gasteiger charge is 2.28. The van der Waals surface area contributed by atoms with Crippen molar-refractivity contribution in [1.82, 2.24) is 9.55 Å². The molecule has 10 heteroatoms. The van der Waals surface area contributed by atoms with E-state index in [0.717, 1.165) is 0 Å². The van der Waals surface area contributed by atoms with Crippen molar-refractivity contribution in [3.8, 4) is 0 Å². The Balaban J connectivity index is 2.03. The van der Waals surface area contributed by atoms with E-state index in [9.17, 15) is 26.4 Å². The van der Waals surface area contributed by atoms with Crippen LogP contribution < -0.4 is 5.73 Å². The molecule has 0 bridgehead atoms. The number of rotatable bonds is 6. The Labute approximate surface area is 184 Å². The van der Waals surface area contributed by atoms with E-state index in [1.807, 2.05) is 20.8 Å². The molecule has 0 saturated heterocycles. The number of halogens is 3. The van der Waals surface area contributed by atoms with E-state index in [1.165, 1.54) is 36.4 Å². The van der Waals surface area contributed by atoms with Crippen LogP contribution in [0.2, 0.25) is 0 Å². The van der Waals surface area contributed by atoms with Crippen molar-refractivity contribution in [3.05, 3.63) is 53.9 Å². The minimum atomic E-state index is -4.25. The monoisotopic (exact) mass is 467 g/mol. The molecule has 0 aliphatic carbocycles. The standard InChI is InChI=1S/C22H24F3N3O3S/c1-21(2,3)20-27-17-13-16(9-10-18(17)28(20)12-4-11-22(23,24)25)32(30,31)15-7-5-14(6-8-15)19(26)29/h5-10,13H,4,11-12H2,1-3H3,(H2,26,29). The molecule has 1 heterocycles. The number of benzene rings is 2. The maximum absolute atomic E-state index is 13.1. The Hall–Kier alpha value is -2.88. The topological polar surface area (TPSA) is 95.1 Å². The largest absolute Gasteiger partial charge is 0.389 e. The first-order valence-corrected chi connectivity index (χ1v) is 11.4. The molecule has 0 fully saturated rings. The lowest BCUT2D eigenvalue weighted by molar-refractivity contribution is -0.135. The predicted octanol–water partition coefficient (Wildman–Crippen LogP) is 4.61. The number of hydrogen-bond donors (Lipinski definition) is 1. The minimum Gasteiger partial charge on any atom is -0.366 e. The van der Waals surface area contributed by atoms with Gasteiger partial charge >= 0.3 is 6.18 Å². The number of sulfone groups is 1. The fourth-order valence-corrected chi connectivity index (χ4v) is 4.73. The molecule has 1 amide bonds. The van der Waals surface area contributed by atoms with Crippen LogP contribution in [0.4, 0.5) is 13.2 Å². The molecule has 3 rings (SSSR count). The molecule has 6 nitrogen and oxygen atoms in total. The fraction of sp³-hybridized carbons (Fsp3) is 0.364. The van der Waals surface area contributed by atoms with Crippen LogP contribution in [0.3, 0.4) is 0 Å². The second kappa shape index (κ2) is 8.23. The van der Waals surface area contributed by atoms with Gasteiger partial charge in [0.05, 0.1) is 20.8 Å². The molecule has 2 N–H and O–H groups in total. The Morgan fingerprint density at radius 2 is 1.62 bits per heavy atom. The third kappa shape index (κ3) is 4.95. The summed E-state index contributed by atoms with van der Waals surface area (Å²) in [5.41, 5.74) is 5.88. The number of aryl methyl sites for hydroxylation is 1. The molecule has 0 spiro atoms. The fourth-order valence-electron chi connectivity index (χ4n) is 3.45. The van der Waals surface area contributed by atoms with E-state index in [-0.39, 0.29) is 28.3 Å². The van der Waals surface area contributed by atoms with Crippen molar-refractivity contribution >= 4 is 26.8 Å². The zero-order chi connectivity index (χ0) is 23.9. The third-order valence-corrected chi connectivity index (χ3v) is 6.76. The number of hydrogen-bond acceptors (Lipinski definition) is 4. The molecule has 0 saturated carbocycles. The molecule has 1 aromatic heterocycles. The van der Waals surface area contributed by atoms with Gasteiger partial charge in [-0.15, -0.1) is 0 Å². The average Bonchev–Trinajstić information content (AvgIpc) is 3.05. The van der Waals surface area contributed by atoms with Crippen LogP contribution in [0, 0.1) is 0 Å². The molecule has 0 radical (unpaired) electrons. The quantitative estimate of drug-likeness (QED) is 0.573. The van der Waals surface area contributed by atoms with Gasteiger partial charge in [0.1, 0.15) is 5.82 Å². The Bertz CT molecular complexity index is 1260. The van der Waals surface area contributed by atoms with Crippen molar-refractivity contribution in [2.75, 3.05) is 0 Å². The molecular weight excluding hydrogens is 443 g/mol. The lowest BCUT2D eigenvalue weighted by atomic mass is 9.95. The summed E-state index contributed by atoms with van der Waals surface area (Å²) in [6.07, 6.45) is -5.27. The normalized spacial score (nSPS) is 12.9. The first kappa shape index (κ1) is 23.8. The predicted molar refractivity (Wildman–Crippen MR) is 114 cm³/mol. The summed E-state index contributed by atoms with van der Waals surface area (Å²) in [5.74, 6) is -0.0869. The number of alkyl halides is 3. The number of amides is 1. The van der Waals surface area contributed by atoms with E-state index >= 15 is 0 Å². The number of primary amides is 1. The molecule has 0 atom stereocenters. The van der Waals surface area contributed by atoms with Crippen LogP contribution in [0.25, 0.3) is 11.0 Å². The second-order valence-corrected chi connectivity index (χ2v) is 10.5. The van der Waals surface area contributed by atoms with E-state index in [2.05, 4.69) is 4.98 Å². The van der Waals surface area contributed by atoms with E-state index in [0.29, 0.717) is 16.9 Å². The van der Waals surface area contributed by atoms with Crippen molar-refractivity contribution < 1.29 is 26.4 Å². The summed E-state index contributed by atoms with van der Waals surface area (Å²) >= 11 is 0. The number of fused-ring (bicyclic) bond motifs is 1. The summed E-state index contributed by atoms with van der Waals surface area (Å²) in [6.45, 7) is 5.80. The Morgan fingerprint density at radius 1 is 1.03 bits per heavy atom. The summed E-state index contributed by atoms with van der Waals surface area (Å²) in [7, 11) is -3.90. The number of carbonyl (C=O) groups excluding carboxylic acids is 1. The van der Waals surface area contributed by atoms with Crippen molar-refractivity contribution in [3.63, 3.8) is 0 Å². The highest BCUT2D eigenvalue weighted by atomic mass is 32.2. The zero-order valence-corrected chi connectivity index (χ0v) is 18.7. The van der Waals surface area contributed by atoms with Crippen molar-refractivity contribution in [2.24, 2.45) is 5.73 Å². The first-order valence-electron chi connectivity index (χ1n) is 9.92. The van der Waals surface area contributed by atoms with Gasteiger partial charge in [-0.2, -0.15) is 13.2 Å². The SMILES string of the molecule is CC(C)(C)c1nc2cc(S(=O)(=O)c3ccc(C(N)=O)cc3)ccc2n1CCCC(F)(F)F. The van der Waals surface area contributed by atoms with Crippen LogP contribution in [0.1, 0.15) is 49.8 Å². The van der Waals surface area contributed by atoms with Crippen LogP contribution in [-0.2, 0) is 21.8 Å². The average molecular weight is 468 g/mol. The maximum Gasteiger partial charge on any atom is 0.389 e. The van der Waals surface area contributed by atoms with Crippen LogP contribution in [0.15, 0.2) is 52.3 Å². The van der Waals surface area contributed by atoms with Gasteiger partial charge in [-0.05, 0) is 48.9 Å². The molecule has 172 valence electrons. The lowest BCUT2D eigenvalue weighted by Crippen LogP contribution is -2.20. The molecular formula is C22H24F3N3O3S. The van der Waals surface area contributed by atoms with Gasteiger partial charge in [0.15, 0.2) is 0 Å². The summed E-state index contributed by atoms with van der Waals surface area (Å²) < 4.78 is 65.7. The van der Waals surface area contributed by atoms with Crippen LogP contribution >= 0.6 is 0 Å².